The molecular formula is C23H26N2O2. The molecule has 0 radical (unpaired) electrons. The summed E-state index contributed by atoms with van der Waals surface area (Å²) in [7, 11) is 0. The van der Waals surface area contributed by atoms with Crippen LogP contribution in [0, 0.1) is 5.92 Å². The van der Waals surface area contributed by atoms with Crippen LogP contribution in [-0.4, -0.2) is 36.6 Å². The van der Waals surface area contributed by atoms with E-state index in [0.717, 1.165) is 43.7 Å². The third-order valence-electron chi connectivity index (χ3n) is 5.74. The number of hydrogen-bond donors (Lipinski definition) is 1. The van der Waals surface area contributed by atoms with E-state index < -0.39 is 0 Å². The topological polar surface area (TPSA) is 43.8 Å². The van der Waals surface area contributed by atoms with E-state index in [1.54, 1.807) is 6.07 Å². The fourth-order valence-electron chi connectivity index (χ4n) is 4.41. The summed E-state index contributed by atoms with van der Waals surface area (Å²) < 4.78 is 0. The number of phenolic OH excluding ortho intramolecular Hbond substituents is 1. The minimum Gasteiger partial charge on any atom is -0.508 e. The molecule has 1 saturated carbocycles. The van der Waals surface area contributed by atoms with Crippen LogP contribution >= 0.6 is 0 Å². The number of nitrogens with zero attached hydrogens (tertiary/aromatic N) is 2. The van der Waals surface area contributed by atoms with Crippen LogP contribution in [0.1, 0.15) is 19.3 Å². The highest BCUT2D eigenvalue weighted by molar-refractivity contribution is 5.86. The van der Waals surface area contributed by atoms with Crippen LogP contribution in [0.25, 0.3) is 0 Å². The van der Waals surface area contributed by atoms with Gasteiger partial charge >= 0.3 is 0 Å². The molecule has 0 spiro atoms. The molecule has 1 heterocycles. The van der Waals surface area contributed by atoms with Crippen molar-refractivity contribution in [2.45, 2.75) is 25.3 Å². The Morgan fingerprint density at radius 3 is 2.52 bits per heavy atom. The van der Waals surface area contributed by atoms with Gasteiger partial charge in [0.05, 0.1) is 0 Å². The summed E-state index contributed by atoms with van der Waals surface area (Å²) in [6.45, 7) is 6.68. The molecule has 1 aliphatic heterocycles. The first-order chi connectivity index (χ1) is 13.1. The number of rotatable bonds is 4. The van der Waals surface area contributed by atoms with E-state index in [1.165, 1.54) is 5.69 Å². The van der Waals surface area contributed by atoms with Crippen molar-refractivity contribution in [2.75, 3.05) is 29.4 Å². The molecule has 27 heavy (non-hydrogen) atoms. The molecule has 0 bridgehead atoms. The number of carbonyl (C=O) groups is 1. The van der Waals surface area contributed by atoms with Crippen LogP contribution < -0.4 is 9.80 Å². The van der Waals surface area contributed by atoms with Crippen molar-refractivity contribution in [2.24, 2.45) is 5.92 Å². The molecule has 2 atom stereocenters. The number of Topliss-reactive ketones (excluding diaryl/α,β-unsaturated/α-hetero) is 1. The molecular weight excluding hydrogens is 336 g/mol. The molecule has 1 saturated heterocycles. The number of allylic oxidation sites excluding steroid dienone is 1. The Balaban J connectivity index is 1.58. The molecule has 4 rings (SSSR count). The van der Waals surface area contributed by atoms with Gasteiger partial charge in [0.15, 0.2) is 0 Å². The Kier molecular flexibility index (Phi) is 4.88. The van der Waals surface area contributed by atoms with Crippen LogP contribution in [0.4, 0.5) is 11.4 Å². The van der Waals surface area contributed by atoms with Gasteiger partial charge in [0, 0.05) is 55.5 Å². The van der Waals surface area contributed by atoms with Crippen molar-refractivity contribution in [3.8, 4) is 5.75 Å². The van der Waals surface area contributed by atoms with Gasteiger partial charge < -0.3 is 14.9 Å². The fraction of sp³-hybridized carbons (Fsp3) is 0.348. The molecule has 1 N–H and O–H groups in total. The Hall–Kier alpha value is -2.75. The van der Waals surface area contributed by atoms with Crippen molar-refractivity contribution in [1.29, 1.82) is 0 Å². The summed E-state index contributed by atoms with van der Waals surface area (Å²) in [6.07, 6.45) is 2.18. The van der Waals surface area contributed by atoms with E-state index >= 15 is 0 Å². The van der Waals surface area contributed by atoms with Crippen molar-refractivity contribution in [3.63, 3.8) is 0 Å². The normalized spacial score (nSPS) is 23.1. The van der Waals surface area contributed by atoms with E-state index in [0.29, 0.717) is 12.2 Å². The smallest absolute Gasteiger partial charge is 0.140 e. The first-order valence-electron chi connectivity index (χ1n) is 9.65. The molecule has 2 fully saturated rings. The second kappa shape index (κ2) is 7.47. The predicted octanol–water partition coefficient (Wildman–Crippen LogP) is 4.01. The highest BCUT2D eigenvalue weighted by atomic mass is 16.3. The van der Waals surface area contributed by atoms with Gasteiger partial charge in [-0.25, -0.2) is 0 Å². The standard InChI is InChI=1S/C23H26N2O2/c1-17-12-18(23(27)13-17)14-21-16-24(19-6-3-2-4-7-19)10-11-25(21)20-8-5-9-22(26)15-20/h2-9,15,18,21,26H,1,10-14,16H2. The van der Waals surface area contributed by atoms with Crippen molar-refractivity contribution in [1.82, 2.24) is 0 Å². The lowest BCUT2D eigenvalue weighted by Crippen LogP contribution is -2.54. The zero-order valence-electron chi connectivity index (χ0n) is 15.6. The maximum atomic E-state index is 12.4. The lowest BCUT2D eigenvalue weighted by Gasteiger charge is -2.44. The maximum absolute atomic E-state index is 12.4. The third kappa shape index (κ3) is 3.85. The molecule has 140 valence electrons. The van der Waals surface area contributed by atoms with Gasteiger partial charge in [-0.05, 0) is 37.1 Å². The monoisotopic (exact) mass is 362 g/mol. The first-order valence-corrected chi connectivity index (χ1v) is 9.65. The second-order valence-electron chi connectivity index (χ2n) is 7.68. The summed E-state index contributed by atoms with van der Waals surface area (Å²) in [4.78, 5) is 17.1. The maximum Gasteiger partial charge on any atom is 0.140 e. The Labute approximate surface area is 160 Å². The average Bonchev–Trinajstić information content (AvgIpc) is 2.99. The molecule has 2 aromatic rings. The van der Waals surface area contributed by atoms with E-state index in [9.17, 15) is 9.90 Å². The fourth-order valence-corrected chi connectivity index (χ4v) is 4.41. The molecule has 2 aliphatic rings. The highest BCUT2D eigenvalue weighted by Crippen LogP contribution is 2.34. The molecule has 1 aliphatic carbocycles. The molecule has 2 aromatic carbocycles. The van der Waals surface area contributed by atoms with Gasteiger partial charge in [-0.1, -0.05) is 36.4 Å². The summed E-state index contributed by atoms with van der Waals surface area (Å²) in [5.74, 6) is 0.674. The third-order valence-corrected chi connectivity index (χ3v) is 5.74. The largest absolute Gasteiger partial charge is 0.508 e. The minimum atomic E-state index is 0.0676. The molecule has 0 amide bonds. The van der Waals surface area contributed by atoms with Crippen molar-refractivity contribution in [3.05, 3.63) is 66.7 Å². The van der Waals surface area contributed by atoms with E-state index in [-0.39, 0.29) is 17.7 Å². The van der Waals surface area contributed by atoms with E-state index in [4.69, 9.17) is 0 Å². The van der Waals surface area contributed by atoms with E-state index in [2.05, 4.69) is 40.6 Å². The number of carbonyl (C=O) groups excluding carboxylic acids is 1. The summed E-state index contributed by atoms with van der Waals surface area (Å²) in [5.41, 5.74) is 3.31. The van der Waals surface area contributed by atoms with Crippen molar-refractivity contribution >= 4 is 17.2 Å². The summed E-state index contributed by atoms with van der Waals surface area (Å²) in [5, 5.41) is 9.92. The Morgan fingerprint density at radius 1 is 1.04 bits per heavy atom. The highest BCUT2D eigenvalue weighted by Gasteiger charge is 2.34. The van der Waals surface area contributed by atoms with Crippen LogP contribution in [0.5, 0.6) is 5.75 Å². The van der Waals surface area contributed by atoms with Crippen molar-refractivity contribution < 1.29 is 9.90 Å². The first kappa shape index (κ1) is 17.7. The minimum absolute atomic E-state index is 0.0676. The predicted molar refractivity (Wildman–Crippen MR) is 109 cm³/mol. The summed E-state index contributed by atoms with van der Waals surface area (Å²) in [6, 6.07) is 18.1. The molecule has 2 unspecified atom stereocenters. The number of anilines is 2. The SMILES string of the molecule is C=C1CC(=O)C(CC2CN(c3ccccc3)CCN2c2cccc(O)c2)C1. The van der Waals surface area contributed by atoms with Gasteiger partial charge in [-0.15, -0.1) is 0 Å². The van der Waals surface area contributed by atoms with Gasteiger partial charge in [-0.3, -0.25) is 4.79 Å². The van der Waals surface area contributed by atoms with Gasteiger partial charge in [0.1, 0.15) is 11.5 Å². The zero-order chi connectivity index (χ0) is 18.8. The quantitative estimate of drug-likeness (QED) is 0.835. The number of para-hydroxylation sites is 1. The summed E-state index contributed by atoms with van der Waals surface area (Å²) >= 11 is 0. The van der Waals surface area contributed by atoms with E-state index in [1.807, 2.05) is 24.3 Å². The lowest BCUT2D eigenvalue weighted by atomic mass is 9.94. The number of hydrogen-bond acceptors (Lipinski definition) is 4. The van der Waals surface area contributed by atoms with Gasteiger partial charge in [0.2, 0.25) is 0 Å². The molecule has 4 heteroatoms. The lowest BCUT2D eigenvalue weighted by molar-refractivity contribution is -0.120. The Morgan fingerprint density at radius 2 is 1.81 bits per heavy atom. The Bertz CT molecular complexity index is 833. The number of aromatic hydroxyl groups is 1. The number of ketones is 1. The molecule has 0 aromatic heterocycles. The van der Waals surface area contributed by atoms with Crippen LogP contribution in [0.15, 0.2) is 66.7 Å². The zero-order valence-corrected chi connectivity index (χ0v) is 15.6. The number of phenols is 1. The van der Waals surface area contributed by atoms with Crippen LogP contribution in [0.2, 0.25) is 0 Å². The number of piperazine rings is 1. The second-order valence-corrected chi connectivity index (χ2v) is 7.68. The van der Waals surface area contributed by atoms with Gasteiger partial charge in [0.25, 0.3) is 0 Å². The number of benzene rings is 2. The van der Waals surface area contributed by atoms with Crippen LogP contribution in [-0.2, 0) is 4.79 Å². The average molecular weight is 362 g/mol. The van der Waals surface area contributed by atoms with Gasteiger partial charge in [-0.2, -0.15) is 0 Å². The van der Waals surface area contributed by atoms with Crippen LogP contribution in [0.3, 0.4) is 0 Å². The molecule has 4 nitrogen and oxygen atoms in total.